The summed E-state index contributed by atoms with van der Waals surface area (Å²) in [7, 11) is 0. The molecule has 1 aromatic carbocycles. The van der Waals surface area contributed by atoms with Gasteiger partial charge in [0.2, 0.25) is 5.71 Å². The molecule has 0 unspecified atom stereocenters. The molecule has 0 atom stereocenters. The number of rotatable bonds is 3. The first kappa shape index (κ1) is 14.4. The Morgan fingerprint density at radius 2 is 2.05 bits per heavy atom. The largest absolute Gasteiger partial charge is 0.418 e. The summed E-state index contributed by atoms with van der Waals surface area (Å²) in [5.74, 6) is -1.76. The number of hydrogen-bond acceptors (Lipinski definition) is 4. The van der Waals surface area contributed by atoms with E-state index in [0.717, 1.165) is 12.1 Å². The summed E-state index contributed by atoms with van der Waals surface area (Å²) in [6.45, 7) is 0. The highest BCUT2D eigenvalue weighted by Gasteiger charge is 2.34. The number of nitriles is 1. The number of alkyl halides is 3. The summed E-state index contributed by atoms with van der Waals surface area (Å²) in [4.78, 5) is 0. The normalized spacial score (nSPS) is 11.8. The number of hydrazone groups is 1. The highest BCUT2D eigenvalue weighted by atomic mass is 19.4. The lowest BCUT2D eigenvalue weighted by atomic mass is 10.1. The van der Waals surface area contributed by atoms with E-state index in [9.17, 15) is 17.6 Å². The second-order valence-corrected chi connectivity index (χ2v) is 3.29. The van der Waals surface area contributed by atoms with Crippen molar-refractivity contribution in [2.24, 2.45) is 10.8 Å². The van der Waals surface area contributed by atoms with Crippen LogP contribution in [0.2, 0.25) is 0 Å². The van der Waals surface area contributed by atoms with Crippen LogP contribution in [0.5, 0.6) is 0 Å². The summed E-state index contributed by atoms with van der Waals surface area (Å²) in [6, 6.07) is 3.33. The molecule has 1 aromatic rings. The second-order valence-electron chi connectivity index (χ2n) is 3.29. The van der Waals surface area contributed by atoms with Gasteiger partial charge in [-0.2, -0.15) is 23.5 Å². The Kier molecular flexibility index (Phi) is 4.06. The summed E-state index contributed by atoms with van der Waals surface area (Å²) in [6.07, 6.45) is -4.79. The van der Waals surface area contributed by atoms with Gasteiger partial charge in [-0.05, 0) is 18.2 Å². The molecule has 0 bridgehead atoms. The van der Waals surface area contributed by atoms with Crippen LogP contribution in [-0.2, 0) is 6.18 Å². The maximum absolute atomic E-state index is 12.8. The highest BCUT2D eigenvalue weighted by molar-refractivity contribution is 6.45. The van der Waals surface area contributed by atoms with Crippen molar-refractivity contribution in [1.29, 1.82) is 10.7 Å². The number of hydrogen-bond donors (Lipinski definition) is 3. The standard InChI is InChI=1S/C10H7F4N5/c11-5-1-2-7(6(3-5)10(12,13)14)18-19-8(4-15)9(16)17/h1-3,18H,(H3,16,17)/b19-8+. The van der Waals surface area contributed by atoms with Crippen molar-refractivity contribution < 1.29 is 17.6 Å². The summed E-state index contributed by atoms with van der Waals surface area (Å²) in [5, 5.41) is 18.7. The third-order valence-corrected chi connectivity index (χ3v) is 1.94. The maximum Gasteiger partial charge on any atom is 0.418 e. The fraction of sp³-hybridized carbons (Fsp3) is 0.100. The van der Waals surface area contributed by atoms with Crippen LogP contribution in [0.25, 0.3) is 0 Å². The number of nitrogens with one attached hydrogen (secondary N) is 2. The highest BCUT2D eigenvalue weighted by Crippen LogP contribution is 2.35. The molecule has 0 fully saturated rings. The Labute approximate surface area is 104 Å². The third kappa shape index (κ3) is 3.67. The predicted molar refractivity (Wildman–Crippen MR) is 60.0 cm³/mol. The van der Waals surface area contributed by atoms with Crippen molar-refractivity contribution in [3.8, 4) is 6.07 Å². The van der Waals surface area contributed by atoms with Crippen LogP contribution in [0.1, 0.15) is 5.56 Å². The minimum atomic E-state index is -4.79. The molecule has 19 heavy (non-hydrogen) atoms. The molecule has 5 nitrogen and oxygen atoms in total. The second kappa shape index (κ2) is 5.34. The van der Waals surface area contributed by atoms with Gasteiger partial charge in [0.15, 0.2) is 5.84 Å². The number of anilines is 1. The van der Waals surface area contributed by atoms with Crippen LogP contribution in [0, 0.1) is 22.6 Å². The van der Waals surface area contributed by atoms with E-state index in [1.807, 2.05) is 5.43 Å². The van der Waals surface area contributed by atoms with Gasteiger partial charge < -0.3 is 5.73 Å². The van der Waals surface area contributed by atoms with E-state index in [4.69, 9.17) is 16.4 Å². The van der Waals surface area contributed by atoms with Gasteiger partial charge in [-0.25, -0.2) is 4.39 Å². The Balaban J connectivity index is 3.16. The topological polar surface area (TPSA) is 98.0 Å². The summed E-state index contributed by atoms with van der Waals surface area (Å²) in [5.41, 5.74) is 4.49. The van der Waals surface area contributed by atoms with Crippen LogP contribution in [0.4, 0.5) is 23.2 Å². The Morgan fingerprint density at radius 3 is 2.53 bits per heavy atom. The Morgan fingerprint density at radius 1 is 1.42 bits per heavy atom. The number of nitrogens with two attached hydrogens (primary N) is 1. The quantitative estimate of drug-likeness (QED) is 0.340. The molecule has 0 saturated heterocycles. The van der Waals surface area contributed by atoms with Gasteiger partial charge in [0.25, 0.3) is 0 Å². The molecule has 0 heterocycles. The van der Waals surface area contributed by atoms with Crippen LogP contribution in [0.15, 0.2) is 23.3 Å². The van der Waals surface area contributed by atoms with E-state index in [0.29, 0.717) is 0 Å². The Bertz CT molecular complexity index is 570. The van der Waals surface area contributed by atoms with Crippen LogP contribution in [-0.4, -0.2) is 11.5 Å². The molecule has 0 spiro atoms. The van der Waals surface area contributed by atoms with E-state index in [1.165, 1.54) is 6.07 Å². The molecule has 0 amide bonds. The van der Waals surface area contributed by atoms with Crippen molar-refractivity contribution >= 4 is 17.2 Å². The van der Waals surface area contributed by atoms with Gasteiger partial charge in [0, 0.05) is 0 Å². The SMILES string of the molecule is N#C/C(=N\Nc1ccc(F)cc1C(F)(F)F)C(=N)N. The zero-order chi connectivity index (χ0) is 14.6. The first-order chi connectivity index (χ1) is 8.75. The van der Waals surface area contributed by atoms with Crippen molar-refractivity contribution in [2.75, 3.05) is 5.43 Å². The van der Waals surface area contributed by atoms with Crippen molar-refractivity contribution in [3.63, 3.8) is 0 Å². The zero-order valence-corrected chi connectivity index (χ0v) is 9.22. The smallest absolute Gasteiger partial charge is 0.382 e. The lowest BCUT2D eigenvalue weighted by molar-refractivity contribution is -0.137. The monoisotopic (exact) mass is 273 g/mol. The molecule has 0 aromatic heterocycles. The predicted octanol–water partition coefficient (Wildman–Crippen LogP) is 2.07. The molecule has 9 heteroatoms. The Hall–Kier alpha value is -2.63. The third-order valence-electron chi connectivity index (χ3n) is 1.94. The van der Waals surface area contributed by atoms with E-state index in [-0.39, 0.29) is 6.07 Å². The molecule has 0 aliphatic heterocycles. The molecule has 100 valence electrons. The zero-order valence-electron chi connectivity index (χ0n) is 9.22. The first-order valence-electron chi connectivity index (χ1n) is 4.70. The molecule has 0 saturated carbocycles. The van der Waals surface area contributed by atoms with Gasteiger partial charge in [0.05, 0.1) is 11.3 Å². The van der Waals surface area contributed by atoms with Gasteiger partial charge in [0.1, 0.15) is 11.9 Å². The van der Waals surface area contributed by atoms with E-state index in [1.54, 1.807) is 0 Å². The minimum absolute atomic E-state index is 0.289. The van der Waals surface area contributed by atoms with Crippen molar-refractivity contribution in [2.45, 2.75) is 6.18 Å². The lowest BCUT2D eigenvalue weighted by Gasteiger charge is -2.12. The number of benzene rings is 1. The summed E-state index contributed by atoms with van der Waals surface area (Å²) >= 11 is 0. The average molecular weight is 273 g/mol. The lowest BCUT2D eigenvalue weighted by Crippen LogP contribution is -2.22. The van der Waals surface area contributed by atoms with Crippen LogP contribution in [0.3, 0.4) is 0 Å². The van der Waals surface area contributed by atoms with Gasteiger partial charge in [-0.15, -0.1) is 0 Å². The minimum Gasteiger partial charge on any atom is -0.382 e. The number of halogens is 4. The van der Waals surface area contributed by atoms with E-state index < -0.39 is 34.8 Å². The average Bonchev–Trinajstić information content (AvgIpc) is 2.29. The van der Waals surface area contributed by atoms with Crippen molar-refractivity contribution in [3.05, 3.63) is 29.6 Å². The fourth-order valence-corrected chi connectivity index (χ4v) is 1.11. The molecule has 1 rings (SSSR count). The number of amidine groups is 1. The van der Waals surface area contributed by atoms with Gasteiger partial charge in [-0.3, -0.25) is 10.8 Å². The molecule has 0 radical (unpaired) electrons. The van der Waals surface area contributed by atoms with Gasteiger partial charge >= 0.3 is 6.18 Å². The molecular formula is C10H7F4N5. The number of nitrogens with zero attached hydrogens (tertiary/aromatic N) is 2. The molecule has 0 aliphatic rings. The molecule has 0 aliphatic carbocycles. The van der Waals surface area contributed by atoms with Crippen molar-refractivity contribution in [1.82, 2.24) is 0 Å². The van der Waals surface area contributed by atoms with Crippen LogP contribution >= 0.6 is 0 Å². The van der Waals surface area contributed by atoms with E-state index >= 15 is 0 Å². The van der Waals surface area contributed by atoms with Gasteiger partial charge in [-0.1, -0.05) is 0 Å². The molecular weight excluding hydrogens is 266 g/mol. The van der Waals surface area contributed by atoms with E-state index in [2.05, 4.69) is 5.10 Å². The fourth-order valence-electron chi connectivity index (χ4n) is 1.11. The maximum atomic E-state index is 12.8. The molecule has 4 N–H and O–H groups in total. The first-order valence-corrected chi connectivity index (χ1v) is 4.70. The van der Waals surface area contributed by atoms with Crippen LogP contribution < -0.4 is 11.2 Å². The summed E-state index contributed by atoms with van der Waals surface area (Å²) < 4.78 is 50.6.